The standard InChI is InChI=1S/C14H15N5O/c20-14(19-11-3-4-11)12-6-13(18-9-17-12)16-8-10-2-1-5-15-7-10/h1-2,5-7,9,11H,3-4,8H2,(H,19,20)(H,16,17,18). The Labute approximate surface area is 116 Å². The molecule has 1 aliphatic carbocycles. The summed E-state index contributed by atoms with van der Waals surface area (Å²) < 4.78 is 0. The summed E-state index contributed by atoms with van der Waals surface area (Å²) in [6.45, 7) is 0.606. The van der Waals surface area contributed by atoms with Crippen LogP contribution < -0.4 is 10.6 Å². The molecule has 0 radical (unpaired) electrons. The van der Waals surface area contributed by atoms with Gasteiger partial charge in [0.05, 0.1) is 0 Å². The van der Waals surface area contributed by atoms with Crippen molar-refractivity contribution in [1.29, 1.82) is 0 Å². The summed E-state index contributed by atoms with van der Waals surface area (Å²) in [5.74, 6) is 0.490. The summed E-state index contributed by atoms with van der Waals surface area (Å²) >= 11 is 0. The van der Waals surface area contributed by atoms with Gasteiger partial charge in [0.2, 0.25) is 0 Å². The van der Waals surface area contributed by atoms with Crippen LogP contribution in [0.2, 0.25) is 0 Å². The van der Waals surface area contributed by atoms with Crippen molar-refractivity contribution in [2.45, 2.75) is 25.4 Å². The molecule has 6 nitrogen and oxygen atoms in total. The molecule has 20 heavy (non-hydrogen) atoms. The second kappa shape index (κ2) is 5.64. The van der Waals surface area contributed by atoms with E-state index in [1.807, 2.05) is 12.1 Å². The van der Waals surface area contributed by atoms with Crippen LogP contribution in [-0.4, -0.2) is 26.9 Å². The quantitative estimate of drug-likeness (QED) is 0.857. The molecule has 2 N–H and O–H groups in total. The van der Waals surface area contributed by atoms with Crippen LogP contribution in [0.5, 0.6) is 0 Å². The highest BCUT2D eigenvalue weighted by Crippen LogP contribution is 2.19. The molecule has 0 atom stereocenters. The number of hydrogen-bond acceptors (Lipinski definition) is 5. The average Bonchev–Trinajstić information content (AvgIpc) is 3.30. The van der Waals surface area contributed by atoms with Gasteiger partial charge >= 0.3 is 0 Å². The maximum absolute atomic E-state index is 11.9. The smallest absolute Gasteiger partial charge is 0.270 e. The van der Waals surface area contributed by atoms with E-state index in [4.69, 9.17) is 0 Å². The molecule has 0 bridgehead atoms. The molecule has 2 aromatic rings. The largest absolute Gasteiger partial charge is 0.366 e. The summed E-state index contributed by atoms with van der Waals surface area (Å²) in [4.78, 5) is 24.0. The maximum atomic E-state index is 11.9. The van der Waals surface area contributed by atoms with E-state index in [0.717, 1.165) is 18.4 Å². The SMILES string of the molecule is O=C(NC1CC1)c1cc(NCc2cccnc2)ncn1. The van der Waals surface area contributed by atoms with Gasteiger partial charge in [-0.25, -0.2) is 9.97 Å². The average molecular weight is 269 g/mol. The molecule has 3 rings (SSSR count). The number of pyridine rings is 1. The number of aromatic nitrogens is 3. The molecule has 0 spiro atoms. The van der Waals surface area contributed by atoms with Gasteiger partial charge in [-0.3, -0.25) is 9.78 Å². The van der Waals surface area contributed by atoms with Crippen molar-refractivity contribution in [3.63, 3.8) is 0 Å². The zero-order valence-electron chi connectivity index (χ0n) is 10.9. The Kier molecular flexibility index (Phi) is 3.54. The summed E-state index contributed by atoms with van der Waals surface area (Å²) in [5.41, 5.74) is 1.44. The number of amides is 1. The molecule has 6 heteroatoms. The summed E-state index contributed by atoms with van der Waals surface area (Å²) in [6.07, 6.45) is 7.03. The highest BCUT2D eigenvalue weighted by Gasteiger charge is 2.24. The van der Waals surface area contributed by atoms with E-state index >= 15 is 0 Å². The minimum absolute atomic E-state index is 0.140. The first-order valence-corrected chi connectivity index (χ1v) is 6.57. The normalized spacial score (nSPS) is 13.8. The molecule has 1 saturated carbocycles. The van der Waals surface area contributed by atoms with E-state index in [1.165, 1.54) is 6.33 Å². The summed E-state index contributed by atoms with van der Waals surface area (Å²) in [6, 6.07) is 5.84. The first kappa shape index (κ1) is 12.5. The van der Waals surface area contributed by atoms with Gasteiger partial charge in [-0.15, -0.1) is 0 Å². The molecule has 0 unspecified atom stereocenters. The number of anilines is 1. The van der Waals surface area contributed by atoms with Gasteiger partial charge in [-0.2, -0.15) is 0 Å². The minimum atomic E-state index is -0.140. The number of carbonyl (C=O) groups excluding carboxylic acids is 1. The van der Waals surface area contributed by atoms with Crippen molar-refractivity contribution in [2.75, 3.05) is 5.32 Å². The van der Waals surface area contributed by atoms with Crippen molar-refractivity contribution in [2.24, 2.45) is 0 Å². The Hall–Kier alpha value is -2.50. The predicted octanol–water partition coefficient (Wildman–Crippen LogP) is 1.38. The van der Waals surface area contributed by atoms with Gasteiger partial charge < -0.3 is 10.6 Å². The Bertz CT molecular complexity index is 598. The van der Waals surface area contributed by atoms with Gasteiger partial charge in [0.25, 0.3) is 5.91 Å². The molecular formula is C14H15N5O. The lowest BCUT2D eigenvalue weighted by molar-refractivity contribution is 0.0946. The van der Waals surface area contributed by atoms with Crippen molar-refractivity contribution in [1.82, 2.24) is 20.3 Å². The molecule has 1 aliphatic rings. The number of hydrogen-bond donors (Lipinski definition) is 2. The van der Waals surface area contributed by atoms with Crippen molar-refractivity contribution in [3.05, 3.63) is 48.2 Å². The fraction of sp³-hybridized carbons (Fsp3) is 0.286. The molecule has 0 aliphatic heterocycles. The Morgan fingerprint density at radius 3 is 3.00 bits per heavy atom. The Morgan fingerprint density at radius 2 is 2.25 bits per heavy atom. The molecule has 1 fully saturated rings. The first-order chi connectivity index (χ1) is 9.81. The third-order valence-corrected chi connectivity index (χ3v) is 3.01. The fourth-order valence-corrected chi connectivity index (χ4v) is 1.76. The number of rotatable bonds is 5. The third kappa shape index (κ3) is 3.28. The van der Waals surface area contributed by atoms with Gasteiger partial charge in [0, 0.05) is 31.0 Å². The van der Waals surface area contributed by atoms with Crippen molar-refractivity contribution < 1.29 is 4.79 Å². The lowest BCUT2D eigenvalue weighted by Gasteiger charge is -2.07. The van der Waals surface area contributed by atoms with Crippen LogP contribution in [-0.2, 0) is 6.54 Å². The molecule has 1 amide bonds. The highest BCUT2D eigenvalue weighted by molar-refractivity contribution is 5.93. The monoisotopic (exact) mass is 269 g/mol. The van der Waals surface area contributed by atoms with Gasteiger partial charge in [-0.1, -0.05) is 6.07 Å². The topological polar surface area (TPSA) is 79.8 Å². The van der Waals surface area contributed by atoms with Gasteiger partial charge in [-0.05, 0) is 24.5 Å². The number of nitrogens with zero attached hydrogens (tertiary/aromatic N) is 3. The number of carbonyl (C=O) groups is 1. The summed E-state index contributed by atoms with van der Waals surface area (Å²) in [7, 11) is 0. The molecule has 2 aromatic heterocycles. The van der Waals surface area contributed by atoms with Crippen LogP contribution >= 0.6 is 0 Å². The Balaban J connectivity index is 1.63. The van der Waals surface area contributed by atoms with E-state index in [0.29, 0.717) is 24.1 Å². The van der Waals surface area contributed by atoms with Gasteiger partial charge in [0.15, 0.2) is 0 Å². The number of nitrogens with one attached hydrogen (secondary N) is 2. The van der Waals surface area contributed by atoms with Crippen molar-refractivity contribution >= 4 is 11.7 Å². The zero-order valence-corrected chi connectivity index (χ0v) is 10.9. The first-order valence-electron chi connectivity index (χ1n) is 6.57. The van der Waals surface area contributed by atoms with E-state index in [9.17, 15) is 4.79 Å². The van der Waals surface area contributed by atoms with E-state index in [-0.39, 0.29) is 5.91 Å². The maximum Gasteiger partial charge on any atom is 0.270 e. The van der Waals surface area contributed by atoms with Crippen LogP contribution in [0.4, 0.5) is 5.82 Å². The van der Waals surface area contributed by atoms with Crippen LogP contribution in [0.25, 0.3) is 0 Å². The second-order valence-electron chi connectivity index (χ2n) is 4.75. The third-order valence-electron chi connectivity index (χ3n) is 3.01. The fourth-order valence-electron chi connectivity index (χ4n) is 1.76. The van der Waals surface area contributed by atoms with Gasteiger partial charge in [0.1, 0.15) is 17.8 Å². The summed E-state index contributed by atoms with van der Waals surface area (Å²) in [5, 5.41) is 6.06. The molecule has 0 saturated heterocycles. The molecule has 0 aromatic carbocycles. The van der Waals surface area contributed by atoms with Crippen molar-refractivity contribution in [3.8, 4) is 0 Å². The lowest BCUT2D eigenvalue weighted by atomic mass is 10.3. The van der Waals surface area contributed by atoms with E-state index in [2.05, 4.69) is 25.6 Å². The molecule has 2 heterocycles. The Morgan fingerprint density at radius 1 is 1.35 bits per heavy atom. The zero-order chi connectivity index (χ0) is 13.8. The van der Waals surface area contributed by atoms with Crippen LogP contribution in [0.1, 0.15) is 28.9 Å². The minimum Gasteiger partial charge on any atom is -0.366 e. The molecular weight excluding hydrogens is 254 g/mol. The second-order valence-corrected chi connectivity index (χ2v) is 4.75. The van der Waals surface area contributed by atoms with E-state index < -0.39 is 0 Å². The molecule has 102 valence electrons. The highest BCUT2D eigenvalue weighted by atomic mass is 16.2. The predicted molar refractivity (Wildman–Crippen MR) is 74.1 cm³/mol. The van der Waals surface area contributed by atoms with Crippen LogP contribution in [0.15, 0.2) is 36.9 Å². The lowest BCUT2D eigenvalue weighted by Crippen LogP contribution is -2.26. The van der Waals surface area contributed by atoms with E-state index in [1.54, 1.807) is 18.5 Å². The van der Waals surface area contributed by atoms with Crippen LogP contribution in [0.3, 0.4) is 0 Å². The van der Waals surface area contributed by atoms with Crippen LogP contribution in [0, 0.1) is 0 Å².